The zero-order chi connectivity index (χ0) is 23.8. The highest BCUT2D eigenvalue weighted by Crippen LogP contribution is 2.40. The van der Waals surface area contributed by atoms with E-state index in [0.29, 0.717) is 5.92 Å². The van der Waals surface area contributed by atoms with E-state index >= 15 is 0 Å². The molecule has 4 rings (SSSR count). The molecule has 0 saturated carbocycles. The fourth-order valence-corrected chi connectivity index (χ4v) is 4.69. The lowest BCUT2D eigenvalue weighted by Gasteiger charge is -2.35. The quantitative estimate of drug-likeness (QED) is 0.515. The number of nitrogens with one attached hydrogen (secondary N) is 1. The van der Waals surface area contributed by atoms with Gasteiger partial charge in [0.05, 0.1) is 29.1 Å². The fraction of sp³-hybridized carbons (Fsp3) is 0.538. The molecule has 33 heavy (non-hydrogen) atoms. The molecule has 1 aromatic carbocycles. The summed E-state index contributed by atoms with van der Waals surface area (Å²) in [6, 6.07) is 8.30. The van der Waals surface area contributed by atoms with Crippen molar-refractivity contribution in [3.05, 3.63) is 48.4 Å². The molecule has 0 spiro atoms. The molecule has 2 aliphatic rings. The third-order valence-corrected chi connectivity index (χ3v) is 7.13. The SMILES string of the molecule is CC(=O)N1CCCC1c1ncc(-c2ccc(B3OC(C)(C)C(C)(CC=CC(C)C)O3)cc2)[nH]1. The number of benzene rings is 1. The molecule has 3 heterocycles. The number of carbonyl (C=O) groups is 1. The van der Waals surface area contributed by atoms with Gasteiger partial charge in [0, 0.05) is 13.5 Å². The Morgan fingerprint density at radius 3 is 2.67 bits per heavy atom. The van der Waals surface area contributed by atoms with Crippen LogP contribution in [0.3, 0.4) is 0 Å². The Balaban J connectivity index is 1.47. The number of carbonyl (C=O) groups excluding carboxylic acids is 1. The number of hydrogen-bond donors (Lipinski definition) is 1. The van der Waals surface area contributed by atoms with Crippen LogP contribution in [0.4, 0.5) is 0 Å². The van der Waals surface area contributed by atoms with Crippen LogP contribution in [0, 0.1) is 5.92 Å². The number of aromatic nitrogens is 2. The van der Waals surface area contributed by atoms with E-state index in [0.717, 1.165) is 48.4 Å². The standard InChI is InChI=1S/C26H36BN3O3/c1-18(2)9-7-15-26(6)25(4,5)32-27(33-26)21-13-11-20(12-14-21)22-17-28-24(29-22)23-10-8-16-30(23)19(3)31/h7,9,11-14,17-18,23H,8,10,15-16H2,1-6H3,(H,28,29). The molecule has 1 aromatic heterocycles. The van der Waals surface area contributed by atoms with Gasteiger partial charge in [0.1, 0.15) is 5.82 Å². The summed E-state index contributed by atoms with van der Waals surface area (Å²) in [6.45, 7) is 13.1. The summed E-state index contributed by atoms with van der Waals surface area (Å²) in [5, 5.41) is 0. The van der Waals surface area contributed by atoms with E-state index in [1.165, 1.54) is 0 Å². The third kappa shape index (κ3) is 4.80. The molecular weight excluding hydrogens is 413 g/mol. The highest BCUT2D eigenvalue weighted by atomic mass is 16.7. The first-order chi connectivity index (χ1) is 15.6. The van der Waals surface area contributed by atoms with Gasteiger partial charge in [-0.05, 0) is 57.0 Å². The maximum absolute atomic E-state index is 11.9. The number of aromatic amines is 1. The minimum atomic E-state index is -0.403. The molecule has 2 aliphatic heterocycles. The van der Waals surface area contributed by atoms with Crippen molar-refractivity contribution in [3.63, 3.8) is 0 Å². The molecule has 2 unspecified atom stereocenters. The molecule has 1 amide bonds. The summed E-state index contributed by atoms with van der Waals surface area (Å²) in [5.74, 6) is 1.48. The molecule has 1 N–H and O–H groups in total. The Morgan fingerprint density at radius 2 is 2.00 bits per heavy atom. The van der Waals surface area contributed by atoms with E-state index in [1.54, 1.807) is 6.92 Å². The van der Waals surface area contributed by atoms with Gasteiger partial charge in [-0.25, -0.2) is 4.98 Å². The van der Waals surface area contributed by atoms with E-state index in [-0.39, 0.29) is 11.9 Å². The van der Waals surface area contributed by atoms with Gasteiger partial charge in [-0.1, -0.05) is 50.3 Å². The second kappa shape index (κ2) is 9.11. The van der Waals surface area contributed by atoms with Crippen LogP contribution in [0.2, 0.25) is 0 Å². The van der Waals surface area contributed by atoms with Crippen LogP contribution in [0.1, 0.15) is 72.7 Å². The van der Waals surface area contributed by atoms with Crippen LogP contribution >= 0.6 is 0 Å². The first kappa shape index (κ1) is 23.8. The monoisotopic (exact) mass is 449 g/mol. The zero-order valence-electron chi connectivity index (χ0n) is 20.7. The number of likely N-dealkylation sites (tertiary alicyclic amines) is 1. The van der Waals surface area contributed by atoms with E-state index in [2.05, 4.69) is 81.0 Å². The number of imidazole rings is 1. The maximum Gasteiger partial charge on any atom is 0.494 e. The molecule has 2 aromatic rings. The van der Waals surface area contributed by atoms with Crippen LogP contribution in [0.15, 0.2) is 42.6 Å². The summed E-state index contributed by atoms with van der Waals surface area (Å²) in [7, 11) is -0.397. The molecule has 0 bridgehead atoms. The third-order valence-electron chi connectivity index (χ3n) is 7.13. The van der Waals surface area contributed by atoms with Crippen LogP contribution in [-0.2, 0) is 14.1 Å². The summed E-state index contributed by atoms with van der Waals surface area (Å²) in [6.07, 6.45) is 9.04. The number of nitrogens with zero attached hydrogens (tertiary/aromatic N) is 2. The smallest absolute Gasteiger partial charge is 0.399 e. The molecule has 7 heteroatoms. The van der Waals surface area contributed by atoms with Gasteiger partial charge in [-0.3, -0.25) is 4.79 Å². The summed E-state index contributed by atoms with van der Waals surface area (Å²) >= 11 is 0. The Kier molecular flexibility index (Phi) is 6.56. The predicted octanol–water partition coefficient (Wildman–Crippen LogP) is 4.64. The molecule has 2 atom stereocenters. The average molecular weight is 449 g/mol. The van der Waals surface area contributed by atoms with E-state index in [9.17, 15) is 4.79 Å². The first-order valence-electron chi connectivity index (χ1n) is 12.0. The lowest BCUT2D eigenvalue weighted by atomic mass is 9.78. The second-order valence-corrected chi connectivity index (χ2v) is 10.4. The van der Waals surface area contributed by atoms with Gasteiger partial charge in [-0.15, -0.1) is 0 Å². The highest BCUT2D eigenvalue weighted by molar-refractivity contribution is 6.62. The van der Waals surface area contributed by atoms with E-state index in [4.69, 9.17) is 9.31 Å². The molecule has 6 nitrogen and oxygen atoms in total. The van der Waals surface area contributed by atoms with Gasteiger partial charge in [0.2, 0.25) is 5.91 Å². The molecule has 0 radical (unpaired) electrons. The Hall–Kier alpha value is -2.38. The maximum atomic E-state index is 11.9. The molecule has 2 fully saturated rings. The van der Waals surface area contributed by atoms with Crippen molar-refractivity contribution in [3.8, 4) is 11.3 Å². The number of allylic oxidation sites excluding steroid dienone is 1. The minimum Gasteiger partial charge on any atom is -0.399 e. The van der Waals surface area contributed by atoms with Crippen LogP contribution < -0.4 is 5.46 Å². The van der Waals surface area contributed by atoms with Crippen molar-refractivity contribution < 1.29 is 14.1 Å². The van der Waals surface area contributed by atoms with Gasteiger partial charge in [0.15, 0.2) is 0 Å². The largest absolute Gasteiger partial charge is 0.494 e. The summed E-state index contributed by atoms with van der Waals surface area (Å²) in [5.41, 5.74) is 2.19. The van der Waals surface area contributed by atoms with Crippen molar-refractivity contribution in [2.75, 3.05) is 6.54 Å². The second-order valence-electron chi connectivity index (χ2n) is 10.4. The minimum absolute atomic E-state index is 0.0421. The Bertz CT molecular complexity index is 1010. The van der Waals surface area contributed by atoms with Crippen molar-refractivity contribution >= 4 is 18.5 Å². The van der Waals surface area contributed by atoms with Crippen molar-refractivity contribution in [2.45, 2.75) is 78.0 Å². The number of amides is 1. The van der Waals surface area contributed by atoms with Gasteiger partial charge >= 0.3 is 7.12 Å². The van der Waals surface area contributed by atoms with Crippen molar-refractivity contribution in [1.29, 1.82) is 0 Å². The number of rotatable bonds is 6. The summed E-state index contributed by atoms with van der Waals surface area (Å²) in [4.78, 5) is 21.8. The van der Waals surface area contributed by atoms with Crippen molar-refractivity contribution in [1.82, 2.24) is 14.9 Å². The first-order valence-corrected chi connectivity index (χ1v) is 12.0. The molecular formula is C26H36BN3O3. The number of hydrogen-bond acceptors (Lipinski definition) is 4. The van der Waals surface area contributed by atoms with Crippen LogP contribution in [-0.4, -0.2) is 45.6 Å². The topological polar surface area (TPSA) is 67.5 Å². The normalized spacial score (nSPS) is 25.0. The van der Waals surface area contributed by atoms with Crippen LogP contribution in [0.25, 0.3) is 11.3 Å². The molecule has 2 saturated heterocycles. The van der Waals surface area contributed by atoms with Gasteiger partial charge < -0.3 is 19.2 Å². The Morgan fingerprint density at radius 1 is 1.27 bits per heavy atom. The van der Waals surface area contributed by atoms with Gasteiger partial charge in [0.25, 0.3) is 0 Å². The lowest BCUT2D eigenvalue weighted by Crippen LogP contribution is -2.44. The van der Waals surface area contributed by atoms with E-state index in [1.807, 2.05) is 11.1 Å². The highest BCUT2D eigenvalue weighted by Gasteiger charge is 2.53. The Labute approximate surface area is 197 Å². The molecule has 176 valence electrons. The number of H-pyrrole nitrogens is 1. The fourth-order valence-electron chi connectivity index (χ4n) is 4.69. The molecule has 0 aliphatic carbocycles. The zero-order valence-corrected chi connectivity index (χ0v) is 20.7. The average Bonchev–Trinajstić information content (AvgIpc) is 3.46. The van der Waals surface area contributed by atoms with Gasteiger partial charge in [-0.2, -0.15) is 0 Å². The lowest BCUT2D eigenvalue weighted by molar-refractivity contribution is -0.129. The van der Waals surface area contributed by atoms with Crippen molar-refractivity contribution in [2.24, 2.45) is 5.92 Å². The summed E-state index contributed by atoms with van der Waals surface area (Å²) < 4.78 is 12.8. The van der Waals surface area contributed by atoms with E-state index < -0.39 is 18.3 Å². The predicted molar refractivity (Wildman–Crippen MR) is 132 cm³/mol. The van der Waals surface area contributed by atoms with Crippen LogP contribution in [0.5, 0.6) is 0 Å².